The van der Waals surface area contributed by atoms with E-state index in [1.165, 1.54) is 0 Å². The summed E-state index contributed by atoms with van der Waals surface area (Å²) in [5, 5.41) is 11.2. The van der Waals surface area contributed by atoms with E-state index < -0.39 is 6.04 Å². The minimum Gasteiger partial charge on any atom is -0.361 e. The summed E-state index contributed by atoms with van der Waals surface area (Å²) in [6, 6.07) is 10.6. The summed E-state index contributed by atoms with van der Waals surface area (Å²) in [7, 11) is 0. The van der Waals surface area contributed by atoms with E-state index in [2.05, 4.69) is 15.6 Å². The molecule has 156 valence electrons. The van der Waals surface area contributed by atoms with E-state index in [1.54, 1.807) is 17.9 Å². The summed E-state index contributed by atoms with van der Waals surface area (Å²) in [6.07, 6.45) is 2.39. The number of benzene rings is 1. The van der Waals surface area contributed by atoms with Crippen LogP contribution in [0.2, 0.25) is 0 Å². The lowest BCUT2D eigenvalue weighted by Crippen LogP contribution is -2.50. The van der Waals surface area contributed by atoms with Gasteiger partial charge in [-0.15, -0.1) is 0 Å². The molecule has 4 rings (SSSR count). The van der Waals surface area contributed by atoms with E-state index in [4.69, 9.17) is 4.52 Å². The molecule has 1 atom stereocenters. The molecule has 0 bridgehead atoms. The summed E-state index contributed by atoms with van der Waals surface area (Å²) in [6.45, 7) is 6.22. The Bertz CT molecular complexity index is 1070. The van der Waals surface area contributed by atoms with Crippen LogP contribution in [-0.4, -0.2) is 44.2 Å². The van der Waals surface area contributed by atoms with Crippen LogP contribution in [-0.2, 0) is 4.79 Å². The number of anilines is 1. The third-order valence-corrected chi connectivity index (χ3v) is 5.30. The number of aryl methyl sites for hydroxylation is 3. The van der Waals surface area contributed by atoms with Crippen LogP contribution in [0.3, 0.4) is 0 Å². The van der Waals surface area contributed by atoms with Gasteiger partial charge in [-0.2, -0.15) is 5.10 Å². The molecule has 1 aliphatic rings. The maximum absolute atomic E-state index is 13.0. The summed E-state index contributed by atoms with van der Waals surface area (Å²) in [4.78, 5) is 27.4. The van der Waals surface area contributed by atoms with Crippen molar-refractivity contribution in [1.82, 2.24) is 19.8 Å². The van der Waals surface area contributed by atoms with E-state index in [-0.39, 0.29) is 17.5 Å². The fourth-order valence-corrected chi connectivity index (χ4v) is 3.86. The van der Waals surface area contributed by atoms with E-state index in [0.29, 0.717) is 24.4 Å². The van der Waals surface area contributed by atoms with Gasteiger partial charge >= 0.3 is 0 Å². The third kappa shape index (κ3) is 3.98. The normalized spacial score (nSPS) is 16.5. The molecule has 3 heterocycles. The van der Waals surface area contributed by atoms with E-state index in [1.807, 2.05) is 48.9 Å². The lowest BCUT2D eigenvalue weighted by atomic mass is 10.0. The number of nitrogens with zero attached hydrogens (tertiary/aromatic N) is 4. The quantitative estimate of drug-likeness (QED) is 0.715. The van der Waals surface area contributed by atoms with Crippen LogP contribution in [0.25, 0.3) is 5.69 Å². The van der Waals surface area contributed by atoms with Crippen molar-refractivity contribution in [2.45, 2.75) is 46.1 Å². The van der Waals surface area contributed by atoms with E-state index >= 15 is 0 Å². The fraction of sp³-hybridized carbons (Fsp3) is 0.364. The van der Waals surface area contributed by atoms with Gasteiger partial charge in [-0.25, -0.2) is 4.68 Å². The van der Waals surface area contributed by atoms with Gasteiger partial charge in [-0.1, -0.05) is 5.16 Å². The zero-order valence-electron chi connectivity index (χ0n) is 17.4. The lowest BCUT2D eigenvalue weighted by Gasteiger charge is -2.34. The monoisotopic (exact) mass is 407 g/mol. The van der Waals surface area contributed by atoms with Crippen LogP contribution in [0.5, 0.6) is 0 Å². The number of amides is 2. The predicted molar refractivity (Wildman–Crippen MR) is 112 cm³/mol. The number of nitrogens with one attached hydrogen (secondary N) is 1. The van der Waals surface area contributed by atoms with Crippen molar-refractivity contribution in [3.05, 3.63) is 59.2 Å². The maximum Gasteiger partial charge on any atom is 0.276 e. The van der Waals surface area contributed by atoms with Gasteiger partial charge in [0, 0.05) is 24.0 Å². The highest BCUT2D eigenvalue weighted by Crippen LogP contribution is 2.22. The first-order chi connectivity index (χ1) is 14.4. The maximum atomic E-state index is 13.0. The zero-order chi connectivity index (χ0) is 21.3. The molecule has 0 aliphatic carbocycles. The van der Waals surface area contributed by atoms with Gasteiger partial charge in [0.2, 0.25) is 5.91 Å². The van der Waals surface area contributed by atoms with Gasteiger partial charge in [-0.3, -0.25) is 9.59 Å². The Morgan fingerprint density at radius 1 is 1.10 bits per heavy atom. The molecule has 3 aromatic rings. The number of hydrogen-bond acceptors (Lipinski definition) is 5. The molecule has 0 radical (unpaired) electrons. The lowest BCUT2D eigenvalue weighted by molar-refractivity contribution is -0.121. The summed E-state index contributed by atoms with van der Waals surface area (Å²) < 4.78 is 6.88. The molecule has 1 N–H and O–H groups in total. The van der Waals surface area contributed by atoms with Crippen molar-refractivity contribution >= 4 is 17.5 Å². The number of rotatable bonds is 4. The fourth-order valence-electron chi connectivity index (χ4n) is 3.86. The average Bonchev–Trinajstić information content (AvgIpc) is 3.32. The Morgan fingerprint density at radius 3 is 2.50 bits per heavy atom. The molecule has 8 heteroatoms. The van der Waals surface area contributed by atoms with Crippen LogP contribution in [0.1, 0.15) is 46.9 Å². The first kappa shape index (κ1) is 19.9. The topological polar surface area (TPSA) is 93.3 Å². The first-order valence-electron chi connectivity index (χ1n) is 10.1. The molecule has 1 fully saturated rings. The molecule has 8 nitrogen and oxygen atoms in total. The van der Waals surface area contributed by atoms with E-state index in [9.17, 15) is 9.59 Å². The molecule has 2 aromatic heterocycles. The minimum atomic E-state index is -0.529. The molecule has 0 unspecified atom stereocenters. The molecule has 0 saturated carbocycles. The number of aromatic nitrogens is 3. The number of hydrogen-bond donors (Lipinski definition) is 1. The van der Waals surface area contributed by atoms with Crippen molar-refractivity contribution in [3.63, 3.8) is 0 Å². The Balaban J connectivity index is 1.47. The predicted octanol–water partition coefficient (Wildman–Crippen LogP) is 3.42. The average molecular weight is 407 g/mol. The Kier molecular flexibility index (Phi) is 5.39. The molecular weight excluding hydrogens is 382 g/mol. The SMILES string of the molecule is Cc1cc(C)n(-c2ccc(NC(=O)[C@H]3CCCCN3C(=O)c3cc(C)on3)cc2)n1. The highest BCUT2D eigenvalue weighted by Gasteiger charge is 2.33. The van der Waals surface area contributed by atoms with E-state index in [0.717, 1.165) is 29.9 Å². The van der Waals surface area contributed by atoms with Crippen molar-refractivity contribution in [2.24, 2.45) is 0 Å². The molecule has 2 amide bonds. The Labute approximate surface area is 174 Å². The summed E-state index contributed by atoms with van der Waals surface area (Å²) in [5.41, 5.74) is 3.84. The van der Waals surface area contributed by atoms with Crippen LogP contribution in [0, 0.1) is 20.8 Å². The second-order valence-electron chi connectivity index (χ2n) is 7.71. The van der Waals surface area contributed by atoms with Crippen molar-refractivity contribution in [2.75, 3.05) is 11.9 Å². The Hall–Kier alpha value is -3.42. The largest absolute Gasteiger partial charge is 0.361 e. The number of piperidine rings is 1. The van der Waals surface area contributed by atoms with Gasteiger partial charge in [0.05, 0.1) is 11.4 Å². The number of likely N-dealkylation sites (tertiary alicyclic amines) is 1. The van der Waals surface area contributed by atoms with Gasteiger partial charge in [-0.05, 0) is 70.4 Å². The highest BCUT2D eigenvalue weighted by atomic mass is 16.5. The van der Waals surface area contributed by atoms with Crippen molar-refractivity contribution in [1.29, 1.82) is 0 Å². The van der Waals surface area contributed by atoms with Gasteiger partial charge < -0.3 is 14.7 Å². The van der Waals surface area contributed by atoms with Crippen LogP contribution >= 0.6 is 0 Å². The first-order valence-corrected chi connectivity index (χ1v) is 10.1. The molecule has 30 heavy (non-hydrogen) atoms. The number of carbonyl (C=O) groups is 2. The molecule has 1 aliphatic heterocycles. The van der Waals surface area contributed by atoms with Crippen molar-refractivity contribution < 1.29 is 14.1 Å². The minimum absolute atomic E-state index is 0.192. The molecule has 0 spiro atoms. The van der Waals surface area contributed by atoms with Gasteiger partial charge in [0.1, 0.15) is 11.8 Å². The smallest absolute Gasteiger partial charge is 0.276 e. The third-order valence-electron chi connectivity index (χ3n) is 5.30. The zero-order valence-corrected chi connectivity index (χ0v) is 17.4. The van der Waals surface area contributed by atoms with Crippen molar-refractivity contribution in [3.8, 4) is 5.69 Å². The number of carbonyl (C=O) groups excluding carboxylic acids is 2. The van der Waals surface area contributed by atoms with Gasteiger partial charge in [0.25, 0.3) is 5.91 Å². The molecule has 1 saturated heterocycles. The van der Waals surface area contributed by atoms with Crippen LogP contribution in [0.4, 0.5) is 5.69 Å². The highest BCUT2D eigenvalue weighted by molar-refractivity contribution is 6.00. The standard InChI is InChI=1S/C22H25N5O3/c1-14-12-15(2)27(24-14)18-9-7-17(8-10-18)23-21(28)20-6-4-5-11-26(20)22(29)19-13-16(3)30-25-19/h7-10,12-13,20H,4-6,11H2,1-3H3,(H,23,28)/t20-/m1/s1. The molecular formula is C22H25N5O3. The summed E-state index contributed by atoms with van der Waals surface area (Å²) in [5.74, 6) is 0.104. The second-order valence-corrected chi connectivity index (χ2v) is 7.71. The van der Waals surface area contributed by atoms with Gasteiger partial charge in [0.15, 0.2) is 5.69 Å². The second kappa shape index (κ2) is 8.14. The summed E-state index contributed by atoms with van der Waals surface area (Å²) >= 11 is 0. The van der Waals surface area contributed by atoms with Crippen LogP contribution < -0.4 is 5.32 Å². The van der Waals surface area contributed by atoms with Crippen LogP contribution in [0.15, 0.2) is 40.9 Å². The Morgan fingerprint density at radius 2 is 1.87 bits per heavy atom. The molecule has 1 aromatic carbocycles.